The van der Waals surface area contributed by atoms with Gasteiger partial charge in [-0.25, -0.2) is 9.59 Å². The third-order valence-electron chi connectivity index (χ3n) is 3.62. The number of hydrogen-bond acceptors (Lipinski definition) is 5. The second-order valence-corrected chi connectivity index (χ2v) is 8.99. The molecule has 0 aliphatic heterocycles. The van der Waals surface area contributed by atoms with Gasteiger partial charge in [0.1, 0.15) is 11.2 Å². The Labute approximate surface area is 181 Å². The molecule has 7 heteroatoms. The number of alkyl carbamates (subject to hydrolysis) is 1. The van der Waals surface area contributed by atoms with Crippen LogP contribution in [0, 0.1) is 12.3 Å². The largest absolute Gasteiger partial charge is 0.444 e. The van der Waals surface area contributed by atoms with Crippen LogP contribution in [0.3, 0.4) is 0 Å². The maximum atomic E-state index is 12.0. The lowest BCUT2D eigenvalue weighted by Gasteiger charge is -2.21. The van der Waals surface area contributed by atoms with Crippen LogP contribution in [0.15, 0.2) is 12.1 Å². The average Bonchev–Trinajstić information content (AvgIpc) is 2.58. The molecule has 0 spiro atoms. The van der Waals surface area contributed by atoms with Crippen LogP contribution in [0.25, 0.3) is 0 Å². The second kappa shape index (κ2) is 12.2. The van der Waals surface area contributed by atoms with E-state index in [1.165, 1.54) is 12.8 Å². The zero-order valence-electron chi connectivity index (χ0n) is 20.0. The molecular weight excluding hydrogens is 382 g/mol. The molecule has 1 aromatic rings. The lowest BCUT2D eigenvalue weighted by Crippen LogP contribution is -2.32. The standard InChI is InChI=1S/C19H29N3O4.C4H10/c1-12-8-13(10-20)15(22-17(24)26-19(5,6)7)9-14(12)11-21-16(23)25-18(2,3)4;1-3-4-2/h8-10,20H,11H2,1-7H3,(H,21,23)(H,22,24);3-4H2,1-2H3. The van der Waals surface area contributed by atoms with Crippen molar-refractivity contribution < 1.29 is 19.1 Å². The van der Waals surface area contributed by atoms with Gasteiger partial charge in [0.15, 0.2) is 0 Å². The predicted molar refractivity (Wildman–Crippen MR) is 123 cm³/mol. The predicted octanol–water partition coefficient (Wildman–Crippen LogP) is 6.17. The van der Waals surface area contributed by atoms with E-state index in [4.69, 9.17) is 14.9 Å². The minimum Gasteiger partial charge on any atom is -0.444 e. The Morgan fingerprint density at radius 1 is 0.967 bits per heavy atom. The number of hydrogen-bond donors (Lipinski definition) is 3. The minimum absolute atomic E-state index is 0.238. The van der Waals surface area contributed by atoms with E-state index in [0.29, 0.717) is 11.3 Å². The highest BCUT2D eigenvalue weighted by Crippen LogP contribution is 2.21. The van der Waals surface area contributed by atoms with Gasteiger partial charge in [-0.15, -0.1) is 0 Å². The third-order valence-corrected chi connectivity index (χ3v) is 3.62. The Balaban J connectivity index is 0.00000192. The molecule has 0 saturated heterocycles. The van der Waals surface area contributed by atoms with Gasteiger partial charge in [0.2, 0.25) is 0 Å². The molecule has 0 radical (unpaired) electrons. The van der Waals surface area contributed by atoms with Crippen LogP contribution in [0.2, 0.25) is 0 Å². The van der Waals surface area contributed by atoms with Gasteiger partial charge >= 0.3 is 12.2 Å². The normalized spacial score (nSPS) is 11.0. The first kappa shape index (κ1) is 27.4. The topological polar surface area (TPSA) is 101 Å². The van der Waals surface area contributed by atoms with E-state index < -0.39 is 23.4 Å². The Hall–Kier alpha value is -2.57. The first-order chi connectivity index (χ1) is 13.7. The molecule has 2 amide bonds. The first-order valence-corrected chi connectivity index (χ1v) is 10.3. The highest BCUT2D eigenvalue weighted by molar-refractivity contribution is 5.94. The van der Waals surface area contributed by atoms with E-state index in [1.54, 1.807) is 53.7 Å². The Morgan fingerprint density at radius 2 is 1.47 bits per heavy atom. The van der Waals surface area contributed by atoms with Gasteiger partial charge in [-0.3, -0.25) is 5.32 Å². The lowest BCUT2D eigenvalue weighted by molar-refractivity contribution is 0.0522. The molecule has 0 saturated carbocycles. The summed E-state index contributed by atoms with van der Waals surface area (Å²) in [5.74, 6) is 0. The number of rotatable bonds is 5. The molecule has 0 unspecified atom stereocenters. The van der Waals surface area contributed by atoms with Crippen molar-refractivity contribution in [1.29, 1.82) is 5.41 Å². The zero-order chi connectivity index (χ0) is 23.5. The number of carbonyl (C=O) groups is 2. The SMILES string of the molecule is CCCC.Cc1cc(C=N)c(NC(=O)OC(C)(C)C)cc1CNC(=O)OC(C)(C)C. The number of benzene rings is 1. The molecule has 0 bridgehead atoms. The van der Waals surface area contributed by atoms with E-state index in [9.17, 15) is 9.59 Å². The van der Waals surface area contributed by atoms with Crippen molar-refractivity contribution in [3.63, 3.8) is 0 Å². The van der Waals surface area contributed by atoms with Gasteiger partial charge in [0.25, 0.3) is 0 Å². The molecule has 0 heterocycles. The number of nitrogens with one attached hydrogen (secondary N) is 3. The summed E-state index contributed by atoms with van der Waals surface area (Å²) in [5, 5.41) is 12.9. The summed E-state index contributed by atoms with van der Waals surface area (Å²) < 4.78 is 10.5. The average molecular weight is 422 g/mol. The summed E-state index contributed by atoms with van der Waals surface area (Å²) in [6.45, 7) is 17.2. The van der Waals surface area contributed by atoms with Crippen LogP contribution < -0.4 is 10.6 Å². The lowest BCUT2D eigenvalue weighted by atomic mass is 10.0. The van der Waals surface area contributed by atoms with Crippen LogP contribution in [-0.4, -0.2) is 29.6 Å². The number of unbranched alkanes of at least 4 members (excludes halogenated alkanes) is 1. The van der Waals surface area contributed by atoms with Crippen LogP contribution >= 0.6 is 0 Å². The van der Waals surface area contributed by atoms with Gasteiger partial charge in [-0.05, 0) is 71.7 Å². The molecule has 1 rings (SSSR count). The number of ether oxygens (including phenoxy) is 2. The summed E-state index contributed by atoms with van der Waals surface area (Å²) in [4.78, 5) is 23.8. The first-order valence-electron chi connectivity index (χ1n) is 10.3. The fourth-order valence-electron chi connectivity index (χ4n) is 2.09. The zero-order valence-corrected chi connectivity index (χ0v) is 20.0. The van der Waals surface area contributed by atoms with Gasteiger partial charge in [0.05, 0.1) is 5.69 Å². The van der Waals surface area contributed by atoms with Crippen molar-refractivity contribution in [2.75, 3.05) is 5.32 Å². The van der Waals surface area contributed by atoms with E-state index >= 15 is 0 Å². The smallest absolute Gasteiger partial charge is 0.412 e. The summed E-state index contributed by atoms with van der Waals surface area (Å²) in [6.07, 6.45) is 2.68. The maximum Gasteiger partial charge on any atom is 0.412 e. The summed E-state index contributed by atoms with van der Waals surface area (Å²) >= 11 is 0. The molecule has 170 valence electrons. The van der Waals surface area contributed by atoms with Crippen LogP contribution in [0.1, 0.15) is 84.9 Å². The highest BCUT2D eigenvalue weighted by atomic mass is 16.6. The number of aryl methyl sites for hydroxylation is 1. The number of carbonyl (C=O) groups excluding carboxylic acids is 2. The fraction of sp³-hybridized carbons (Fsp3) is 0.609. The molecule has 0 fully saturated rings. The third kappa shape index (κ3) is 12.1. The summed E-state index contributed by atoms with van der Waals surface area (Å²) in [6, 6.07) is 3.49. The molecule has 1 aromatic carbocycles. The monoisotopic (exact) mass is 421 g/mol. The maximum absolute atomic E-state index is 12.0. The van der Waals surface area contributed by atoms with Crippen LogP contribution in [-0.2, 0) is 16.0 Å². The molecular formula is C23H39N3O4. The van der Waals surface area contributed by atoms with Crippen LogP contribution in [0.5, 0.6) is 0 Å². The summed E-state index contributed by atoms with van der Waals surface area (Å²) in [7, 11) is 0. The second-order valence-electron chi connectivity index (χ2n) is 8.99. The number of anilines is 1. The Bertz CT molecular complexity index is 714. The molecule has 0 aliphatic rings. The molecule has 0 aliphatic carbocycles. The summed E-state index contributed by atoms with van der Waals surface area (Å²) in [5.41, 5.74) is 1.48. The molecule has 30 heavy (non-hydrogen) atoms. The van der Waals surface area contributed by atoms with Crippen LogP contribution in [0.4, 0.5) is 15.3 Å². The van der Waals surface area contributed by atoms with Gasteiger partial charge < -0.3 is 20.2 Å². The molecule has 7 nitrogen and oxygen atoms in total. The molecule has 0 atom stereocenters. The Kier molecular flexibility index (Phi) is 11.2. The van der Waals surface area contributed by atoms with Gasteiger partial charge in [0, 0.05) is 18.3 Å². The van der Waals surface area contributed by atoms with Gasteiger partial charge in [-0.1, -0.05) is 26.7 Å². The highest BCUT2D eigenvalue weighted by Gasteiger charge is 2.19. The molecule has 0 aromatic heterocycles. The van der Waals surface area contributed by atoms with Crippen molar-refractivity contribution in [3.8, 4) is 0 Å². The minimum atomic E-state index is -0.624. The fourth-order valence-corrected chi connectivity index (χ4v) is 2.09. The van der Waals surface area contributed by atoms with Gasteiger partial charge in [-0.2, -0.15) is 0 Å². The van der Waals surface area contributed by atoms with E-state index in [0.717, 1.165) is 17.3 Å². The van der Waals surface area contributed by atoms with E-state index in [1.807, 2.05) is 6.92 Å². The van der Waals surface area contributed by atoms with Crippen molar-refractivity contribution in [3.05, 3.63) is 28.8 Å². The quantitative estimate of drug-likeness (QED) is 0.495. The molecule has 3 N–H and O–H groups in total. The van der Waals surface area contributed by atoms with E-state index in [2.05, 4.69) is 24.5 Å². The van der Waals surface area contributed by atoms with Crippen molar-refractivity contribution in [2.24, 2.45) is 0 Å². The van der Waals surface area contributed by atoms with Crippen molar-refractivity contribution in [1.82, 2.24) is 5.32 Å². The van der Waals surface area contributed by atoms with Crippen molar-refractivity contribution in [2.45, 2.75) is 92.9 Å². The Morgan fingerprint density at radius 3 is 1.90 bits per heavy atom. The van der Waals surface area contributed by atoms with E-state index in [-0.39, 0.29) is 6.54 Å². The van der Waals surface area contributed by atoms with Crippen molar-refractivity contribution >= 4 is 24.1 Å². The number of amides is 2.